The molecule has 3 aromatic carbocycles. The van der Waals surface area contributed by atoms with Crippen LogP contribution in [0.5, 0.6) is 0 Å². The molecule has 0 unspecified atom stereocenters. The molecule has 0 aliphatic carbocycles. The summed E-state index contributed by atoms with van der Waals surface area (Å²) in [5.41, 5.74) is 2.69. The summed E-state index contributed by atoms with van der Waals surface area (Å²) in [4.78, 5) is 2.04. The molecule has 0 amide bonds. The lowest BCUT2D eigenvalue weighted by atomic mass is 10.2. The van der Waals surface area contributed by atoms with Crippen molar-refractivity contribution in [3.05, 3.63) is 85.7 Å². The maximum atomic E-state index is 6.44. The molecule has 0 bridgehead atoms. The molecule has 0 saturated carbocycles. The summed E-state index contributed by atoms with van der Waals surface area (Å²) in [6, 6.07) is 21.5. The van der Waals surface area contributed by atoms with Crippen molar-refractivity contribution in [1.29, 1.82) is 0 Å². The van der Waals surface area contributed by atoms with Crippen LogP contribution in [0.3, 0.4) is 0 Å². The standard InChI is InChI=1S/C18H11Br2Cl2N/c19-12-9-13(20)11-14(10-12)23(17-7-3-1-5-15(17)21)18-8-4-2-6-16(18)22/h1-11H. The Labute approximate surface area is 162 Å². The zero-order chi connectivity index (χ0) is 16.4. The number of rotatable bonds is 3. The highest BCUT2D eigenvalue weighted by atomic mass is 79.9. The van der Waals surface area contributed by atoms with Gasteiger partial charge in [0.15, 0.2) is 0 Å². The molecule has 3 rings (SSSR count). The Hall–Kier alpha value is -1.00. The van der Waals surface area contributed by atoms with Gasteiger partial charge in [-0.3, -0.25) is 0 Å². The lowest BCUT2D eigenvalue weighted by Gasteiger charge is -2.27. The van der Waals surface area contributed by atoms with Crippen LogP contribution >= 0.6 is 55.1 Å². The molecular formula is C18H11Br2Cl2N. The zero-order valence-electron chi connectivity index (χ0n) is 11.8. The van der Waals surface area contributed by atoms with Gasteiger partial charge in [0.1, 0.15) is 0 Å². The van der Waals surface area contributed by atoms with E-state index in [0.717, 1.165) is 26.0 Å². The van der Waals surface area contributed by atoms with Crippen molar-refractivity contribution >= 4 is 72.1 Å². The average molecular weight is 472 g/mol. The molecule has 0 N–H and O–H groups in total. The Morgan fingerprint density at radius 1 is 0.652 bits per heavy atom. The lowest BCUT2D eigenvalue weighted by Crippen LogP contribution is -2.11. The molecule has 0 fully saturated rings. The van der Waals surface area contributed by atoms with Crippen LogP contribution in [0, 0.1) is 0 Å². The van der Waals surface area contributed by atoms with Gasteiger partial charge in [0.25, 0.3) is 0 Å². The molecule has 1 nitrogen and oxygen atoms in total. The zero-order valence-corrected chi connectivity index (χ0v) is 16.5. The summed E-state index contributed by atoms with van der Waals surface area (Å²) in [7, 11) is 0. The average Bonchev–Trinajstić information content (AvgIpc) is 2.50. The minimum absolute atomic E-state index is 0.656. The van der Waals surface area contributed by atoms with E-state index in [9.17, 15) is 0 Å². The van der Waals surface area contributed by atoms with Gasteiger partial charge in [-0.25, -0.2) is 0 Å². The predicted octanol–water partition coefficient (Wildman–Crippen LogP) is 7.99. The third-order valence-electron chi connectivity index (χ3n) is 3.29. The number of nitrogens with zero attached hydrogens (tertiary/aromatic N) is 1. The van der Waals surface area contributed by atoms with Crippen LogP contribution in [0.2, 0.25) is 10.0 Å². The fourth-order valence-electron chi connectivity index (χ4n) is 2.34. The van der Waals surface area contributed by atoms with Crippen LogP contribution in [-0.2, 0) is 0 Å². The molecule has 0 radical (unpaired) electrons. The summed E-state index contributed by atoms with van der Waals surface area (Å²) in [5, 5.41) is 1.31. The quantitative estimate of drug-likeness (QED) is 0.374. The van der Waals surface area contributed by atoms with E-state index < -0.39 is 0 Å². The number of benzene rings is 3. The monoisotopic (exact) mass is 469 g/mol. The van der Waals surface area contributed by atoms with E-state index in [1.54, 1.807) is 0 Å². The number of halogens is 4. The minimum atomic E-state index is 0.656. The Morgan fingerprint density at radius 2 is 1.09 bits per heavy atom. The Bertz CT molecular complexity index is 786. The highest BCUT2D eigenvalue weighted by Gasteiger charge is 2.18. The van der Waals surface area contributed by atoms with Crippen LogP contribution in [-0.4, -0.2) is 0 Å². The van der Waals surface area contributed by atoms with Crippen LogP contribution in [0.4, 0.5) is 17.1 Å². The fraction of sp³-hybridized carbons (Fsp3) is 0. The van der Waals surface area contributed by atoms with Crippen molar-refractivity contribution < 1.29 is 0 Å². The molecule has 0 aliphatic rings. The fourth-order valence-corrected chi connectivity index (χ4v) is 4.05. The van der Waals surface area contributed by atoms with Crippen molar-refractivity contribution in [2.75, 3.05) is 4.90 Å². The highest BCUT2D eigenvalue weighted by molar-refractivity contribution is 9.11. The molecule has 0 aromatic heterocycles. The van der Waals surface area contributed by atoms with Crippen molar-refractivity contribution in [3.63, 3.8) is 0 Å². The topological polar surface area (TPSA) is 3.24 Å². The van der Waals surface area contributed by atoms with E-state index in [4.69, 9.17) is 23.2 Å². The summed E-state index contributed by atoms with van der Waals surface area (Å²) in [5.74, 6) is 0. The normalized spacial score (nSPS) is 10.6. The van der Waals surface area contributed by atoms with Crippen molar-refractivity contribution in [3.8, 4) is 0 Å². The summed E-state index contributed by atoms with van der Waals surface area (Å²) in [6.07, 6.45) is 0. The molecule has 0 aliphatic heterocycles. The van der Waals surface area contributed by atoms with E-state index in [2.05, 4.69) is 31.9 Å². The van der Waals surface area contributed by atoms with E-state index in [0.29, 0.717) is 10.0 Å². The second kappa shape index (κ2) is 7.27. The van der Waals surface area contributed by atoms with Crippen molar-refractivity contribution in [2.45, 2.75) is 0 Å². The third-order valence-corrected chi connectivity index (χ3v) is 4.85. The predicted molar refractivity (Wildman–Crippen MR) is 107 cm³/mol. The smallest absolute Gasteiger partial charge is 0.0648 e. The van der Waals surface area contributed by atoms with Gasteiger partial charge in [0.05, 0.1) is 21.4 Å². The first-order chi connectivity index (χ1) is 11.1. The van der Waals surface area contributed by atoms with Crippen LogP contribution in [0.25, 0.3) is 0 Å². The van der Waals surface area contributed by atoms with Gasteiger partial charge in [-0.15, -0.1) is 0 Å². The van der Waals surface area contributed by atoms with E-state index in [-0.39, 0.29) is 0 Å². The first-order valence-electron chi connectivity index (χ1n) is 6.81. The van der Waals surface area contributed by atoms with Crippen LogP contribution < -0.4 is 4.90 Å². The van der Waals surface area contributed by atoms with Gasteiger partial charge in [0, 0.05) is 14.6 Å². The lowest BCUT2D eigenvalue weighted by molar-refractivity contribution is 1.28. The molecule has 0 heterocycles. The summed E-state index contributed by atoms with van der Waals surface area (Å²) < 4.78 is 1.93. The summed E-state index contributed by atoms with van der Waals surface area (Å²) in [6.45, 7) is 0. The maximum absolute atomic E-state index is 6.44. The Morgan fingerprint density at radius 3 is 1.52 bits per heavy atom. The van der Waals surface area contributed by atoms with Gasteiger partial charge in [0.2, 0.25) is 0 Å². The Balaban J connectivity index is 2.26. The molecule has 23 heavy (non-hydrogen) atoms. The molecule has 0 spiro atoms. The van der Waals surface area contributed by atoms with Crippen LogP contribution in [0.15, 0.2) is 75.7 Å². The van der Waals surface area contributed by atoms with Gasteiger partial charge >= 0.3 is 0 Å². The largest absolute Gasteiger partial charge is 0.307 e. The van der Waals surface area contributed by atoms with Gasteiger partial charge in [-0.1, -0.05) is 79.3 Å². The maximum Gasteiger partial charge on any atom is 0.0648 e. The van der Waals surface area contributed by atoms with Gasteiger partial charge in [-0.2, -0.15) is 0 Å². The number of hydrogen-bond donors (Lipinski definition) is 0. The van der Waals surface area contributed by atoms with Gasteiger partial charge in [-0.05, 0) is 42.5 Å². The number of hydrogen-bond acceptors (Lipinski definition) is 1. The van der Waals surface area contributed by atoms with E-state index in [1.165, 1.54) is 0 Å². The second-order valence-corrected chi connectivity index (χ2v) is 7.51. The molecule has 0 saturated heterocycles. The van der Waals surface area contributed by atoms with E-state index in [1.807, 2.05) is 71.6 Å². The van der Waals surface area contributed by atoms with Gasteiger partial charge < -0.3 is 4.90 Å². The summed E-state index contributed by atoms with van der Waals surface area (Å²) >= 11 is 20.0. The molecule has 0 atom stereocenters. The Kier molecular flexibility index (Phi) is 5.32. The van der Waals surface area contributed by atoms with Crippen molar-refractivity contribution in [1.82, 2.24) is 0 Å². The molecule has 3 aromatic rings. The minimum Gasteiger partial charge on any atom is -0.307 e. The SMILES string of the molecule is Clc1ccccc1N(c1cc(Br)cc(Br)c1)c1ccccc1Cl. The first-order valence-corrected chi connectivity index (χ1v) is 9.16. The first kappa shape index (κ1) is 16.8. The molecular weight excluding hydrogens is 461 g/mol. The van der Waals surface area contributed by atoms with Crippen LogP contribution in [0.1, 0.15) is 0 Å². The third kappa shape index (κ3) is 3.74. The van der Waals surface area contributed by atoms with Crippen molar-refractivity contribution in [2.24, 2.45) is 0 Å². The second-order valence-electron chi connectivity index (χ2n) is 4.87. The highest BCUT2D eigenvalue weighted by Crippen LogP contribution is 2.42. The van der Waals surface area contributed by atoms with E-state index >= 15 is 0 Å². The number of anilines is 3. The molecule has 5 heteroatoms. The molecule has 116 valence electrons. The number of para-hydroxylation sites is 2.